The third-order valence-electron chi connectivity index (χ3n) is 4.91. The largest absolute Gasteiger partial charge is 0.339 e. The maximum Gasteiger partial charge on any atom is 0.253 e. The van der Waals surface area contributed by atoms with Crippen molar-refractivity contribution in [1.82, 2.24) is 9.88 Å². The summed E-state index contributed by atoms with van der Waals surface area (Å²) in [6.45, 7) is 6.24. The third kappa shape index (κ3) is 5.65. The number of nitrogens with zero attached hydrogens (tertiary/aromatic N) is 1. The van der Waals surface area contributed by atoms with Crippen LogP contribution in [0.5, 0.6) is 0 Å². The molecule has 0 bridgehead atoms. The van der Waals surface area contributed by atoms with Crippen molar-refractivity contribution in [3.05, 3.63) is 75.6 Å². The van der Waals surface area contributed by atoms with Gasteiger partial charge in [-0.25, -0.2) is 0 Å². The molecule has 0 spiro atoms. The number of pyridine rings is 1. The van der Waals surface area contributed by atoms with Gasteiger partial charge in [0.05, 0.1) is 33.7 Å². The minimum Gasteiger partial charge on any atom is -0.339 e. The Morgan fingerprint density at radius 3 is 2.45 bits per heavy atom. The lowest BCUT2D eigenvalue weighted by molar-refractivity contribution is -0.857. The van der Waals surface area contributed by atoms with Crippen LogP contribution in [0, 0.1) is 13.8 Å². The van der Waals surface area contributed by atoms with Crippen LogP contribution in [0.3, 0.4) is 0 Å². The summed E-state index contributed by atoms with van der Waals surface area (Å²) in [6.07, 6.45) is 0. The predicted octanol–water partition coefficient (Wildman–Crippen LogP) is 2.49. The molecule has 0 amide bonds. The first kappa shape index (κ1) is 21.0. The lowest BCUT2D eigenvalue weighted by atomic mass is 10.1. The van der Waals surface area contributed by atoms with Gasteiger partial charge < -0.3 is 20.1 Å². The molecule has 152 valence electrons. The van der Waals surface area contributed by atoms with Gasteiger partial charge in [-0.05, 0) is 61.8 Å². The van der Waals surface area contributed by atoms with Crippen LogP contribution in [0.1, 0.15) is 16.7 Å². The van der Waals surface area contributed by atoms with Crippen molar-refractivity contribution in [2.24, 2.45) is 0 Å². The van der Waals surface area contributed by atoms with E-state index in [0.29, 0.717) is 17.2 Å². The standard InChI is InChI=1S/C23H28N4OS/c1-16-5-8-20(9-6-16)24-23(29)27(12-11-26(3)4)15-19-14-18-13-17(2)7-10-21(18)25-22(19)28/h5-10,13-14H,11-12,15H2,1-4H3,(H,24,29)(H,25,28)/p+1. The summed E-state index contributed by atoms with van der Waals surface area (Å²) in [7, 11) is 4.22. The van der Waals surface area contributed by atoms with Crippen LogP contribution in [-0.4, -0.2) is 42.2 Å². The average Bonchev–Trinajstić information content (AvgIpc) is 2.67. The summed E-state index contributed by atoms with van der Waals surface area (Å²) in [6, 6.07) is 16.2. The molecule has 3 aromatic rings. The highest BCUT2D eigenvalue weighted by Gasteiger charge is 2.15. The Morgan fingerprint density at radius 1 is 1.07 bits per heavy atom. The molecule has 3 rings (SSSR count). The van der Waals surface area contributed by atoms with Gasteiger partial charge in [0, 0.05) is 16.8 Å². The summed E-state index contributed by atoms with van der Waals surface area (Å²) >= 11 is 5.69. The van der Waals surface area contributed by atoms with Crippen LogP contribution in [-0.2, 0) is 6.54 Å². The number of hydrogen-bond donors (Lipinski definition) is 3. The number of hydrogen-bond acceptors (Lipinski definition) is 2. The molecule has 1 heterocycles. The van der Waals surface area contributed by atoms with Gasteiger partial charge in [0.1, 0.15) is 0 Å². The number of H-pyrrole nitrogens is 1. The molecule has 0 radical (unpaired) electrons. The molecule has 3 N–H and O–H groups in total. The lowest BCUT2D eigenvalue weighted by Crippen LogP contribution is -3.06. The monoisotopic (exact) mass is 409 g/mol. The number of nitrogens with one attached hydrogen (secondary N) is 3. The number of benzene rings is 2. The first-order valence-corrected chi connectivity index (χ1v) is 10.3. The lowest BCUT2D eigenvalue weighted by Gasteiger charge is -2.26. The first-order chi connectivity index (χ1) is 13.8. The van der Waals surface area contributed by atoms with Gasteiger partial charge in [-0.3, -0.25) is 4.79 Å². The topological polar surface area (TPSA) is 52.6 Å². The molecule has 0 aliphatic carbocycles. The number of quaternary nitrogens is 1. The Kier molecular flexibility index (Phi) is 6.67. The van der Waals surface area contributed by atoms with Crippen molar-refractivity contribution in [2.45, 2.75) is 20.4 Å². The third-order valence-corrected chi connectivity index (χ3v) is 5.27. The number of rotatable bonds is 6. The van der Waals surface area contributed by atoms with Crippen LogP contribution >= 0.6 is 12.2 Å². The molecule has 0 fully saturated rings. The molecule has 0 aliphatic rings. The molecule has 0 aliphatic heterocycles. The maximum absolute atomic E-state index is 12.7. The molecule has 29 heavy (non-hydrogen) atoms. The number of likely N-dealkylation sites (N-methyl/N-ethyl adjacent to an activating group) is 1. The Morgan fingerprint density at radius 2 is 1.76 bits per heavy atom. The molecule has 5 nitrogen and oxygen atoms in total. The summed E-state index contributed by atoms with van der Waals surface area (Å²) in [5.74, 6) is 0. The zero-order valence-corrected chi connectivity index (χ0v) is 18.3. The van der Waals surface area contributed by atoms with E-state index in [-0.39, 0.29) is 5.56 Å². The van der Waals surface area contributed by atoms with Crippen molar-refractivity contribution in [2.75, 3.05) is 32.5 Å². The summed E-state index contributed by atoms with van der Waals surface area (Å²) in [5, 5.41) is 4.98. The Labute approximate surface area is 177 Å². The molecule has 1 aromatic heterocycles. The fourth-order valence-electron chi connectivity index (χ4n) is 3.14. The second kappa shape index (κ2) is 9.20. The zero-order chi connectivity index (χ0) is 21.0. The molecule has 0 atom stereocenters. The number of aromatic nitrogens is 1. The van der Waals surface area contributed by atoms with Crippen LogP contribution in [0.25, 0.3) is 10.9 Å². The van der Waals surface area contributed by atoms with Gasteiger partial charge in [-0.1, -0.05) is 29.3 Å². The highest BCUT2D eigenvalue weighted by molar-refractivity contribution is 7.80. The molecular formula is C23H29N4OS+. The van der Waals surface area contributed by atoms with Crippen molar-refractivity contribution < 1.29 is 4.90 Å². The van der Waals surface area contributed by atoms with Crippen molar-refractivity contribution in [1.29, 1.82) is 0 Å². The Hall–Kier alpha value is -2.70. The zero-order valence-electron chi connectivity index (χ0n) is 17.5. The van der Waals surface area contributed by atoms with E-state index in [1.165, 1.54) is 16.0 Å². The van der Waals surface area contributed by atoms with Gasteiger partial charge in [0.15, 0.2) is 5.11 Å². The van der Waals surface area contributed by atoms with Crippen molar-refractivity contribution in [3.63, 3.8) is 0 Å². The minimum atomic E-state index is -0.0679. The minimum absolute atomic E-state index is 0.0679. The van der Waals surface area contributed by atoms with Gasteiger partial charge in [-0.2, -0.15) is 0 Å². The maximum atomic E-state index is 12.7. The highest BCUT2D eigenvalue weighted by Crippen LogP contribution is 2.15. The van der Waals surface area contributed by atoms with Gasteiger partial charge in [0.25, 0.3) is 5.56 Å². The van der Waals surface area contributed by atoms with Crippen LogP contribution in [0.4, 0.5) is 5.69 Å². The number of anilines is 1. The Bertz CT molecular complexity index is 1060. The van der Waals surface area contributed by atoms with E-state index in [4.69, 9.17) is 12.2 Å². The van der Waals surface area contributed by atoms with E-state index in [1.54, 1.807) is 0 Å². The smallest absolute Gasteiger partial charge is 0.253 e. The Balaban J connectivity index is 1.85. The fourth-order valence-corrected chi connectivity index (χ4v) is 3.42. The van der Waals surface area contributed by atoms with Crippen molar-refractivity contribution in [3.8, 4) is 0 Å². The van der Waals surface area contributed by atoms with E-state index in [1.807, 2.05) is 30.3 Å². The SMILES string of the molecule is Cc1ccc(NC(=S)N(CC[NH+](C)C)Cc2cc3cc(C)ccc3[nH]c2=O)cc1. The molecule has 0 unspecified atom stereocenters. The molecular weight excluding hydrogens is 380 g/mol. The number of aryl methyl sites for hydroxylation is 2. The van der Waals surface area contributed by atoms with Gasteiger partial charge >= 0.3 is 0 Å². The second-order valence-corrected chi connectivity index (χ2v) is 8.28. The normalized spacial score (nSPS) is 11.1. The number of fused-ring (bicyclic) bond motifs is 1. The van der Waals surface area contributed by atoms with E-state index in [9.17, 15) is 4.79 Å². The molecule has 6 heteroatoms. The first-order valence-electron chi connectivity index (χ1n) is 9.86. The predicted molar refractivity (Wildman–Crippen MR) is 125 cm³/mol. The van der Waals surface area contributed by atoms with E-state index >= 15 is 0 Å². The fraction of sp³-hybridized carbons (Fsp3) is 0.304. The van der Waals surface area contributed by atoms with Crippen LogP contribution in [0.2, 0.25) is 0 Å². The second-order valence-electron chi connectivity index (χ2n) is 7.89. The number of aromatic amines is 1. The quantitative estimate of drug-likeness (QED) is 0.548. The summed E-state index contributed by atoms with van der Waals surface area (Å²) in [5.41, 5.74) is 4.82. The van der Waals surface area contributed by atoms with E-state index < -0.39 is 0 Å². The molecule has 0 saturated heterocycles. The van der Waals surface area contributed by atoms with E-state index in [2.05, 4.69) is 61.3 Å². The number of thiocarbonyl (C=S) groups is 1. The summed E-state index contributed by atoms with van der Waals surface area (Å²) < 4.78 is 0. The van der Waals surface area contributed by atoms with Gasteiger partial charge in [-0.15, -0.1) is 0 Å². The van der Waals surface area contributed by atoms with Crippen LogP contribution < -0.4 is 15.8 Å². The van der Waals surface area contributed by atoms with E-state index in [0.717, 1.165) is 29.7 Å². The molecule has 2 aromatic carbocycles. The average molecular weight is 410 g/mol. The van der Waals surface area contributed by atoms with Crippen molar-refractivity contribution >= 4 is 33.9 Å². The van der Waals surface area contributed by atoms with Gasteiger partial charge in [0.2, 0.25) is 0 Å². The summed E-state index contributed by atoms with van der Waals surface area (Å²) in [4.78, 5) is 19.1. The molecule has 0 saturated carbocycles. The van der Waals surface area contributed by atoms with Crippen LogP contribution in [0.15, 0.2) is 53.3 Å². The highest BCUT2D eigenvalue weighted by atomic mass is 32.1.